The van der Waals surface area contributed by atoms with Crippen molar-refractivity contribution in [1.82, 2.24) is 5.32 Å². The van der Waals surface area contributed by atoms with Crippen LogP contribution in [0.3, 0.4) is 0 Å². The molecule has 1 N–H and O–H groups in total. The molecule has 0 saturated carbocycles. The number of rotatable bonds is 2. The zero-order valence-corrected chi connectivity index (χ0v) is 6.00. The molecule has 1 atom stereocenters. The smallest absolute Gasteiger partial charge is 0.0475 e. The van der Waals surface area contributed by atoms with Crippen molar-refractivity contribution in [2.75, 3.05) is 0 Å². The predicted molar refractivity (Wildman–Crippen MR) is 36.7 cm³/mol. The summed E-state index contributed by atoms with van der Waals surface area (Å²) in [5.41, 5.74) is 0. The Labute approximate surface area is 50.9 Å². The molecule has 0 amide bonds. The van der Waals surface area contributed by atoms with E-state index in [0.29, 0.717) is 11.4 Å². The second-order valence-electron chi connectivity index (χ2n) is 2.00. The van der Waals surface area contributed by atoms with Crippen LogP contribution in [0.2, 0.25) is 0 Å². The maximum absolute atomic E-state index is 4.13. The van der Waals surface area contributed by atoms with E-state index in [2.05, 4.69) is 31.8 Å². The molecule has 2 heteroatoms. The van der Waals surface area contributed by atoms with Crippen molar-refractivity contribution in [3.63, 3.8) is 0 Å². The molecular formula is C5H13NS. The number of nitrogens with one attached hydrogen (secondary N) is 1. The van der Waals surface area contributed by atoms with E-state index in [0.717, 1.165) is 0 Å². The second kappa shape index (κ2) is 3.33. The largest absolute Gasteiger partial charge is 0.304 e. The van der Waals surface area contributed by atoms with E-state index in [-0.39, 0.29) is 0 Å². The molecule has 0 heterocycles. The lowest BCUT2D eigenvalue weighted by Crippen LogP contribution is -2.27. The first-order valence-electron chi connectivity index (χ1n) is 2.57. The molecule has 0 aliphatic rings. The zero-order valence-electron chi connectivity index (χ0n) is 5.10. The minimum Gasteiger partial charge on any atom is -0.304 e. The average molecular weight is 119 g/mol. The standard InChI is InChI=1S/C5H13NS/c1-4(2)6-5(3)7/h4-7H,1-3H3. The molecule has 1 unspecified atom stereocenters. The van der Waals surface area contributed by atoms with E-state index < -0.39 is 0 Å². The maximum atomic E-state index is 4.13. The van der Waals surface area contributed by atoms with Crippen LogP contribution in [0.1, 0.15) is 20.8 Å². The van der Waals surface area contributed by atoms with E-state index in [1.807, 2.05) is 6.92 Å². The summed E-state index contributed by atoms with van der Waals surface area (Å²) in [5, 5.41) is 3.49. The summed E-state index contributed by atoms with van der Waals surface area (Å²) in [7, 11) is 0. The molecule has 0 saturated heterocycles. The molecule has 0 aliphatic carbocycles. The molecule has 0 aliphatic heterocycles. The van der Waals surface area contributed by atoms with E-state index in [1.54, 1.807) is 0 Å². The molecule has 1 nitrogen and oxygen atoms in total. The highest BCUT2D eigenvalue weighted by atomic mass is 32.1. The maximum Gasteiger partial charge on any atom is 0.0475 e. The Hall–Kier alpha value is 0.310. The Bertz CT molecular complexity index is 37.3. The van der Waals surface area contributed by atoms with Crippen molar-refractivity contribution in [3.8, 4) is 0 Å². The van der Waals surface area contributed by atoms with Crippen LogP contribution < -0.4 is 5.32 Å². The van der Waals surface area contributed by atoms with E-state index >= 15 is 0 Å². The van der Waals surface area contributed by atoms with Gasteiger partial charge in [0.1, 0.15) is 0 Å². The molecule has 7 heavy (non-hydrogen) atoms. The SMILES string of the molecule is CC(C)NC(C)S. The predicted octanol–water partition coefficient (Wildman–Crippen LogP) is 1.26. The Morgan fingerprint density at radius 2 is 1.71 bits per heavy atom. The third kappa shape index (κ3) is 6.31. The highest BCUT2D eigenvalue weighted by Crippen LogP contribution is 1.87. The first kappa shape index (κ1) is 7.31. The van der Waals surface area contributed by atoms with Gasteiger partial charge in [-0.05, 0) is 20.8 Å². The van der Waals surface area contributed by atoms with Gasteiger partial charge in [0.15, 0.2) is 0 Å². The van der Waals surface area contributed by atoms with Gasteiger partial charge in [0.25, 0.3) is 0 Å². The van der Waals surface area contributed by atoms with Gasteiger partial charge in [0, 0.05) is 11.4 Å². The van der Waals surface area contributed by atoms with Gasteiger partial charge in [-0.1, -0.05) is 0 Å². The molecule has 0 fully saturated rings. The first-order chi connectivity index (χ1) is 3.13. The molecule has 0 aromatic rings. The number of hydrogen-bond acceptors (Lipinski definition) is 2. The van der Waals surface area contributed by atoms with Crippen molar-refractivity contribution in [3.05, 3.63) is 0 Å². The van der Waals surface area contributed by atoms with Crippen molar-refractivity contribution in [1.29, 1.82) is 0 Å². The van der Waals surface area contributed by atoms with E-state index in [1.165, 1.54) is 0 Å². The third-order valence-corrected chi connectivity index (χ3v) is 0.724. The van der Waals surface area contributed by atoms with Gasteiger partial charge < -0.3 is 5.32 Å². The summed E-state index contributed by atoms with van der Waals surface area (Å²) in [5.74, 6) is 0. The summed E-state index contributed by atoms with van der Waals surface area (Å²) in [4.78, 5) is 0. The highest BCUT2D eigenvalue weighted by Gasteiger charge is 1.93. The van der Waals surface area contributed by atoms with Crippen LogP contribution >= 0.6 is 12.6 Å². The quantitative estimate of drug-likeness (QED) is 0.412. The fourth-order valence-corrected chi connectivity index (χ4v) is 0.781. The Morgan fingerprint density at radius 1 is 1.29 bits per heavy atom. The summed E-state index contributed by atoms with van der Waals surface area (Å²) >= 11 is 4.13. The van der Waals surface area contributed by atoms with Crippen LogP contribution in [0.4, 0.5) is 0 Å². The van der Waals surface area contributed by atoms with Crippen molar-refractivity contribution < 1.29 is 0 Å². The van der Waals surface area contributed by atoms with Gasteiger partial charge >= 0.3 is 0 Å². The van der Waals surface area contributed by atoms with Crippen LogP contribution in [0.15, 0.2) is 0 Å². The van der Waals surface area contributed by atoms with Gasteiger partial charge in [0.05, 0.1) is 0 Å². The van der Waals surface area contributed by atoms with Crippen LogP contribution in [0.5, 0.6) is 0 Å². The zero-order chi connectivity index (χ0) is 5.86. The number of thiol groups is 1. The van der Waals surface area contributed by atoms with E-state index in [4.69, 9.17) is 0 Å². The van der Waals surface area contributed by atoms with Gasteiger partial charge in [0.2, 0.25) is 0 Å². The summed E-state index contributed by atoms with van der Waals surface area (Å²) in [6.07, 6.45) is 0. The van der Waals surface area contributed by atoms with Gasteiger partial charge in [-0.3, -0.25) is 0 Å². The molecule has 0 aromatic carbocycles. The Morgan fingerprint density at radius 3 is 1.71 bits per heavy atom. The third-order valence-electron chi connectivity index (χ3n) is 0.575. The van der Waals surface area contributed by atoms with Crippen LogP contribution in [-0.2, 0) is 0 Å². The Balaban J connectivity index is 2.95. The lowest BCUT2D eigenvalue weighted by molar-refractivity contribution is 0.589. The molecule has 0 rings (SSSR count). The van der Waals surface area contributed by atoms with Gasteiger partial charge in [-0.15, -0.1) is 0 Å². The average Bonchev–Trinajstić information content (AvgIpc) is 1.27. The molecule has 0 bridgehead atoms. The first-order valence-corrected chi connectivity index (χ1v) is 3.08. The van der Waals surface area contributed by atoms with Gasteiger partial charge in [-0.2, -0.15) is 12.6 Å². The van der Waals surface area contributed by atoms with Crippen molar-refractivity contribution in [2.24, 2.45) is 0 Å². The van der Waals surface area contributed by atoms with Crippen LogP contribution in [0.25, 0.3) is 0 Å². The lowest BCUT2D eigenvalue weighted by Gasteiger charge is -2.09. The fraction of sp³-hybridized carbons (Fsp3) is 1.00. The lowest BCUT2D eigenvalue weighted by atomic mass is 10.4. The fourth-order valence-electron chi connectivity index (χ4n) is 0.482. The highest BCUT2D eigenvalue weighted by molar-refractivity contribution is 7.80. The Kier molecular flexibility index (Phi) is 3.48. The molecule has 0 aromatic heterocycles. The number of hydrogen-bond donors (Lipinski definition) is 2. The van der Waals surface area contributed by atoms with Gasteiger partial charge in [-0.25, -0.2) is 0 Å². The second-order valence-corrected chi connectivity index (χ2v) is 2.77. The molecule has 0 spiro atoms. The van der Waals surface area contributed by atoms with Crippen LogP contribution in [-0.4, -0.2) is 11.4 Å². The topological polar surface area (TPSA) is 12.0 Å². The van der Waals surface area contributed by atoms with Crippen molar-refractivity contribution >= 4 is 12.6 Å². The van der Waals surface area contributed by atoms with Crippen LogP contribution in [0, 0.1) is 0 Å². The minimum absolute atomic E-state index is 0.319. The normalized spacial score (nSPS) is 15.0. The minimum atomic E-state index is 0.319. The summed E-state index contributed by atoms with van der Waals surface area (Å²) in [6.45, 7) is 6.22. The van der Waals surface area contributed by atoms with Crippen molar-refractivity contribution in [2.45, 2.75) is 32.2 Å². The monoisotopic (exact) mass is 119 g/mol. The summed E-state index contributed by atoms with van der Waals surface area (Å²) < 4.78 is 0. The molecule has 44 valence electrons. The molecule has 0 radical (unpaired) electrons. The molecular weight excluding hydrogens is 106 g/mol. The van der Waals surface area contributed by atoms with E-state index in [9.17, 15) is 0 Å². The summed E-state index contributed by atoms with van der Waals surface area (Å²) in [6, 6.07) is 0.549.